The van der Waals surface area contributed by atoms with Gasteiger partial charge in [0.25, 0.3) is 0 Å². The maximum absolute atomic E-state index is 10.7. The van der Waals surface area contributed by atoms with Crippen LogP contribution in [0.5, 0.6) is 0 Å². The van der Waals surface area contributed by atoms with Crippen LogP contribution in [0.2, 0.25) is 0 Å². The quantitative estimate of drug-likeness (QED) is 0.773. The summed E-state index contributed by atoms with van der Waals surface area (Å²) in [6.07, 6.45) is 2.39. The van der Waals surface area contributed by atoms with Crippen molar-refractivity contribution in [2.24, 2.45) is 11.1 Å². The van der Waals surface area contributed by atoms with E-state index >= 15 is 0 Å². The molecule has 0 spiro atoms. The second-order valence-electron chi connectivity index (χ2n) is 3.67. The van der Waals surface area contributed by atoms with E-state index in [9.17, 15) is 4.79 Å². The largest absolute Gasteiger partial charge is 0.481 e. The highest BCUT2D eigenvalue weighted by Gasteiger charge is 2.31. The van der Waals surface area contributed by atoms with Crippen molar-refractivity contribution in [3.63, 3.8) is 0 Å². The summed E-state index contributed by atoms with van der Waals surface area (Å²) in [5.41, 5.74) is 2.43. The first-order valence-corrected chi connectivity index (χ1v) is 4.99. The standard InChI is InChI=1S/C11H12N2O3/c1-16-13-11-8(6-9(14)15)5-7-3-2-4-12-10(7)11/h2-4,8H,5-6H2,1H3,(H,14,15)/b13-11-. The Morgan fingerprint density at radius 3 is 3.25 bits per heavy atom. The van der Waals surface area contributed by atoms with Crippen LogP contribution in [-0.4, -0.2) is 28.9 Å². The van der Waals surface area contributed by atoms with E-state index in [0.29, 0.717) is 12.1 Å². The van der Waals surface area contributed by atoms with E-state index in [-0.39, 0.29) is 12.3 Å². The van der Waals surface area contributed by atoms with E-state index < -0.39 is 5.97 Å². The van der Waals surface area contributed by atoms with Gasteiger partial charge in [-0.2, -0.15) is 0 Å². The second-order valence-corrected chi connectivity index (χ2v) is 3.67. The Kier molecular flexibility index (Phi) is 2.85. The van der Waals surface area contributed by atoms with Crippen LogP contribution in [0.25, 0.3) is 0 Å². The fourth-order valence-corrected chi connectivity index (χ4v) is 1.99. The van der Waals surface area contributed by atoms with Gasteiger partial charge >= 0.3 is 5.97 Å². The average molecular weight is 220 g/mol. The smallest absolute Gasteiger partial charge is 0.304 e. The molecule has 16 heavy (non-hydrogen) atoms. The number of carboxylic acids is 1. The van der Waals surface area contributed by atoms with Crippen LogP contribution < -0.4 is 0 Å². The minimum atomic E-state index is -0.832. The van der Waals surface area contributed by atoms with Gasteiger partial charge in [0.05, 0.1) is 12.1 Å². The fourth-order valence-electron chi connectivity index (χ4n) is 1.99. The Labute approximate surface area is 92.8 Å². The first-order chi connectivity index (χ1) is 7.72. The Hall–Kier alpha value is -1.91. The molecule has 0 saturated carbocycles. The molecule has 1 aromatic heterocycles. The molecule has 0 amide bonds. The summed E-state index contributed by atoms with van der Waals surface area (Å²) in [5.74, 6) is -0.969. The molecule has 5 heteroatoms. The summed E-state index contributed by atoms with van der Waals surface area (Å²) >= 11 is 0. The van der Waals surface area contributed by atoms with Crippen molar-refractivity contribution in [1.82, 2.24) is 4.98 Å². The molecule has 0 aliphatic heterocycles. The van der Waals surface area contributed by atoms with Crippen LogP contribution in [-0.2, 0) is 16.1 Å². The van der Waals surface area contributed by atoms with E-state index in [2.05, 4.69) is 10.1 Å². The van der Waals surface area contributed by atoms with Gasteiger partial charge in [-0.3, -0.25) is 9.78 Å². The van der Waals surface area contributed by atoms with Crippen LogP contribution in [0.15, 0.2) is 23.5 Å². The number of aliphatic carboxylic acids is 1. The van der Waals surface area contributed by atoms with E-state index in [1.807, 2.05) is 12.1 Å². The summed E-state index contributed by atoms with van der Waals surface area (Å²) in [4.78, 5) is 19.7. The highest BCUT2D eigenvalue weighted by molar-refractivity contribution is 6.05. The number of carbonyl (C=O) groups is 1. The number of carboxylic acid groups (broad SMARTS) is 1. The molecule has 1 aliphatic carbocycles. The Balaban J connectivity index is 2.34. The molecule has 1 aromatic rings. The summed E-state index contributed by atoms with van der Waals surface area (Å²) in [5, 5.41) is 12.7. The molecule has 1 aliphatic rings. The van der Waals surface area contributed by atoms with Gasteiger partial charge < -0.3 is 9.94 Å². The minimum absolute atomic E-state index is 0.0541. The summed E-state index contributed by atoms with van der Waals surface area (Å²) < 4.78 is 0. The van der Waals surface area contributed by atoms with Gasteiger partial charge in [-0.25, -0.2) is 0 Å². The van der Waals surface area contributed by atoms with Crippen LogP contribution in [0.4, 0.5) is 0 Å². The first-order valence-electron chi connectivity index (χ1n) is 4.99. The van der Waals surface area contributed by atoms with Gasteiger partial charge in [-0.15, -0.1) is 0 Å². The molecule has 0 bridgehead atoms. The van der Waals surface area contributed by atoms with Gasteiger partial charge in [0.2, 0.25) is 0 Å². The van der Waals surface area contributed by atoms with Crippen LogP contribution in [0.1, 0.15) is 17.7 Å². The molecule has 84 valence electrons. The molecule has 0 saturated heterocycles. The lowest BCUT2D eigenvalue weighted by Gasteiger charge is -2.06. The number of pyridine rings is 1. The van der Waals surface area contributed by atoms with E-state index in [0.717, 1.165) is 11.3 Å². The fraction of sp³-hybridized carbons (Fsp3) is 0.364. The normalized spacial score (nSPS) is 20.8. The van der Waals surface area contributed by atoms with Crippen molar-refractivity contribution in [2.45, 2.75) is 12.8 Å². The topological polar surface area (TPSA) is 71.8 Å². The molecular formula is C11H12N2O3. The zero-order valence-electron chi connectivity index (χ0n) is 8.88. The zero-order valence-corrected chi connectivity index (χ0v) is 8.88. The predicted molar refractivity (Wildman–Crippen MR) is 57.2 cm³/mol. The summed E-state index contributed by atoms with van der Waals surface area (Å²) in [6, 6.07) is 3.78. The SMILES string of the molecule is CO/N=C1\c2ncccc2CC1CC(=O)O. The number of rotatable bonds is 3. The number of hydrogen-bond donors (Lipinski definition) is 1. The van der Waals surface area contributed by atoms with Gasteiger partial charge in [0.15, 0.2) is 0 Å². The molecule has 1 N–H and O–H groups in total. The molecule has 5 nitrogen and oxygen atoms in total. The lowest BCUT2D eigenvalue weighted by atomic mass is 10.0. The maximum Gasteiger partial charge on any atom is 0.304 e. The number of aromatic nitrogens is 1. The van der Waals surface area contributed by atoms with Crippen molar-refractivity contribution < 1.29 is 14.7 Å². The summed E-state index contributed by atoms with van der Waals surface area (Å²) in [7, 11) is 1.45. The van der Waals surface area contributed by atoms with Crippen molar-refractivity contribution in [3.8, 4) is 0 Å². The second kappa shape index (κ2) is 4.30. The highest BCUT2D eigenvalue weighted by Crippen LogP contribution is 2.28. The molecule has 1 atom stereocenters. The molecule has 1 unspecified atom stereocenters. The molecule has 0 radical (unpaired) electrons. The lowest BCUT2D eigenvalue weighted by Crippen LogP contribution is -2.16. The molecular weight excluding hydrogens is 208 g/mol. The van der Waals surface area contributed by atoms with Crippen LogP contribution in [0.3, 0.4) is 0 Å². The third-order valence-electron chi connectivity index (χ3n) is 2.60. The number of nitrogens with zero attached hydrogens (tertiary/aromatic N) is 2. The number of hydrogen-bond acceptors (Lipinski definition) is 4. The molecule has 1 heterocycles. The number of fused-ring (bicyclic) bond motifs is 1. The maximum atomic E-state index is 10.7. The molecule has 0 fully saturated rings. The molecule has 0 aromatic carbocycles. The van der Waals surface area contributed by atoms with Crippen LogP contribution in [0, 0.1) is 5.92 Å². The Morgan fingerprint density at radius 1 is 1.75 bits per heavy atom. The minimum Gasteiger partial charge on any atom is -0.481 e. The third-order valence-corrected chi connectivity index (χ3v) is 2.60. The summed E-state index contributed by atoms with van der Waals surface area (Å²) in [6.45, 7) is 0. The zero-order chi connectivity index (χ0) is 11.5. The van der Waals surface area contributed by atoms with Crippen LogP contribution >= 0.6 is 0 Å². The third kappa shape index (κ3) is 1.88. The van der Waals surface area contributed by atoms with Crippen molar-refractivity contribution in [3.05, 3.63) is 29.6 Å². The lowest BCUT2D eigenvalue weighted by molar-refractivity contribution is -0.137. The Morgan fingerprint density at radius 2 is 2.56 bits per heavy atom. The number of oxime groups is 1. The average Bonchev–Trinajstić information content (AvgIpc) is 2.57. The first kappa shape index (κ1) is 10.6. The van der Waals surface area contributed by atoms with E-state index in [1.165, 1.54) is 7.11 Å². The van der Waals surface area contributed by atoms with Crippen molar-refractivity contribution in [1.29, 1.82) is 0 Å². The monoisotopic (exact) mass is 220 g/mol. The van der Waals surface area contributed by atoms with Gasteiger partial charge in [0, 0.05) is 12.1 Å². The van der Waals surface area contributed by atoms with Gasteiger partial charge in [-0.05, 0) is 18.1 Å². The van der Waals surface area contributed by atoms with Crippen molar-refractivity contribution in [2.75, 3.05) is 7.11 Å². The van der Waals surface area contributed by atoms with Gasteiger partial charge in [0.1, 0.15) is 12.8 Å². The predicted octanol–water partition coefficient (Wildman–Crippen LogP) is 1.08. The van der Waals surface area contributed by atoms with E-state index in [4.69, 9.17) is 9.94 Å². The Bertz CT molecular complexity index is 443. The highest BCUT2D eigenvalue weighted by atomic mass is 16.6. The van der Waals surface area contributed by atoms with Gasteiger partial charge in [-0.1, -0.05) is 11.2 Å². The van der Waals surface area contributed by atoms with E-state index in [1.54, 1.807) is 6.20 Å². The van der Waals surface area contributed by atoms with Crippen molar-refractivity contribution >= 4 is 11.7 Å². The molecule has 2 rings (SSSR count).